The van der Waals surface area contributed by atoms with E-state index >= 15 is 0 Å². The van der Waals surface area contributed by atoms with Gasteiger partial charge < -0.3 is 14.7 Å². The number of aliphatic hydroxyl groups is 1. The number of rotatable bonds is 5. The molecule has 2 rings (SSSR count). The summed E-state index contributed by atoms with van der Waals surface area (Å²) in [6.45, 7) is 11.2. The van der Waals surface area contributed by atoms with Crippen LogP contribution in [0.3, 0.4) is 0 Å². The van der Waals surface area contributed by atoms with Crippen molar-refractivity contribution in [3.05, 3.63) is 41.9 Å². The lowest BCUT2D eigenvalue weighted by Crippen LogP contribution is -2.40. The van der Waals surface area contributed by atoms with Crippen LogP contribution in [0.2, 0.25) is 0 Å². The van der Waals surface area contributed by atoms with Crippen LogP contribution >= 0.6 is 0 Å². The minimum absolute atomic E-state index is 0.286. The van der Waals surface area contributed by atoms with Crippen molar-refractivity contribution in [2.45, 2.75) is 58.7 Å². The van der Waals surface area contributed by atoms with E-state index in [4.69, 9.17) is 9.84 Å². The smallest absolute Gasteiger partial charge is 0.410 e. The molecule has 0 radical (unpaired) electrons. The normalized spacial score (nSPS) is 14.7. The topological polar surface area (TPSA) is 67.6 Å². The number of hydrogen-bond donors (Lipinski definition) is 1. The Morgan fingerprint density at radius 3 is 2.83 bits per heavy atom. The Morgan fingerprint density at radius 2 is 2.21 bits per heavy atom. The molecule has 2 heterocycles. The predicted molar refractivity (Wildman–Crippen MR) is 92.9 cm³/mol. The van der Waals surface area contributed by atoms with Crippen molar-refractivity contribution in [2.24, 2.45) is 0 Å². The van der Waals surface area contributed by atoms with Crippen molar-refractivity contribution in [2.75, 3.05) is 6.54 Å². The molecule has 0 bridgehead atoms. The second-order valence-corrected chi connectivity index (χ2v) is 6.92. The number of ether oxygens (including phenoxy) is 1. The highest BCUT2D eigenvalue weighted by molar-refractivity contribution is 5.68. The zero-order valence-corrected chi connectivity index (χ0v) is 14.8. The van der Waals surface area contributed by atoms with E-state index in [1.807, 2.05) is 31.5 Å². The van der Waals surface area contributed by atoms with Crippen LogP contribution in [0.1, 0.15) is 44.1 Å². The number of aromatic nitrogens is 2. The van der Waals surface area contributed by atoms with E-state index in [0.29, 0.717) is 19.6 Å². The lowest BCUT2D eigenvalue weighted by atomic mass is 10.0. The molecule has 1 aromatic heterocycles. The molecule has 0 spiro atoms. The van der Waals surface area contributed by atoms with Gasteiger partial charge in [0.15, 0.2) is 0 Å². The predicted octanol–water partition coefficient (Wildman–Crippen LogP) is 3.37. The van der Waals surface area contributed by atoms with Crippen molar-refractivity contribution in [3.8, 4) is 0 Å². The lowest BCUT2D eigenvalue weighted by Gasteiger charge is -2.30. The third-order valence-corrected chi connectivity index (χ3v) is 3.82. The Kier molecular flexibility index (Phi) is 5.70. The van der Waals surface area contributed by atoms with Gasteiger partial charge in [-0.3, -0.25) is 4.68 Å². The van der Waals surface area contributed by atoms with Gasteiger partial charge in [0.05, 0.1) is 25.0 Å². The van der Waals surface area contributed by atoms with E-state index in [0.717, 1.165) is 42.5 Å². The van der Waals surface area contributed by atoms with Gasteiger partial charge in [0, 0.05) is 24.2 Å². The molecule has 1 aliphatic heterocycles. The maximum absolute atomic E-state index is 12.3. The first-order valence-electron chi connectivity index (χ1n) is 8.31. The lowest BCUT2D eigenvalue weighted by molar-refractivity contribution is 0.0223. The molecule has 0 fully saturated rings. The molecule has 1 aliphatic rings. The van der Waals surface area contributed by atoms with E-state index in [1.165, 1.54) is 0 Å². The fourth-order valence-corrected chi connectivity index (χ4v) is 2.81. The van der Waals surface area contributed by atoms with Crippen molar-refractivity contribution in [3.63, 3.8) is 0 Å². The van der Waals surface area contributed by atoms with Gasteiger partial charge in [-0.25, -0.2) is 4.79 Å². The van der Waals surface area contributed by atoms with Crippen LogP contribution in [-0.2, 0) is 30.7 Å². The third-order valence-electron chi connectivity index (χ3n) is 3.82. The van der Waals surface area contributed by atoms with Crippen molar-refractivity contribution in [1.82, 2.24) is 14.7 Å². The minimum Gasteiger partial charge on any atom is -0.516 e. The maximum Gasteiger partial charge on any atom is 0.410 e. The maximum atomic E-state index is 12.3. The summed E-state index contributed by atoms with van der Waals surface area (Å²) >= 11 is 0. The molecule has 0 saturated carbocycles. The minimum atomic E-state index is -0.501. The molecule has 1 N–H and O–H groups in total. The standard InChI is InChI=1S/C18H27N3O3/c1-5-10-21-16(8-6-7-12-22)14-13-20(11-9-15(14)19-21)17(23)24-18(2,3)4/h5,7,12,22H,1,6,8-11,13H2,2-4H3. The molecule has 0 atom stereocenters. The van der Waals surface area contributed by atoms with Crippen molar-refractivity contribution >= 4 is 6.09 Å². The fraction of sp³-hybridized carbons (Fsp3) is 0.556. The number of aliphatic hydroxyl groups excluding tert-OH is 1. The van der Waals surface area contributed by atoms with Gasteiger partial charge in [-0.15, -0.1) is 6.58 Å². The molecule has 132 valence electrons. The van der Waals surface area contributed by atoms with E-state index in [1.54, 1.807) is 11.0 Å². The van der Waals surface area contributed by atoms with Gasteiger partial charge in [-0.2, -0.15) is 5.10 Å². The molecule has 6 nitrogen and oxygen atoms in total. The van der Waals surface area contributed by atoms with Crippen LogP contribution in [0.15, 0.2) is 25.0 Å². The average molecular weight is 333 g/mol. The van der Waals surface area contributed by atoms with Gasteiger partial charge in [-0.05, 0) is 39.7 Å². The first-order valence-corrected chi connectivity index (χ1v) is 8.31. The van der Waals surface area contributed by atoms with Crippen LogP contribution < -0.4 is 0 Å². The summed E-state index contributed by atoms with van der Waals surface area (Å²) < 4.78 is 7.43. The van der Waals surface area contributed by atoms with E-state index in [9.17, 15) is 4.79 Å². The molecular weight excluding hydrogens is 306 g/mol. The Bertz CT molecular complexity index is 626. The van der Waals surface area contributed by atoms with Crippen molar-refractivity contribution in [1.29, 1.82) is 0 Å². The average Bonchev–Trinajstić information content (AvgIpc) is 2.83. The Balaban J connectivity index is 2.21. The van der Waals surface area contributed by atoms with Gasteiger partial charge in [-0.1, -0.05) is 6.08 Å². The van der Waals surface area contributed by atoms with E-state index in [-0.39, 0.29) is 6.09 Å². The molecule has 1 aromatic rings. The zero-order valence-electron chi connectivity index (χ0n) is 14.8. The summed E-state index contributed by atoms with van der Waals surface area (Å²) in [4.78, 5) is 14.1. The highest BCUT2D eigenvalue weighted by atomic mass is 16.6. The number of allylic oxidation sites excluding steroid dienone is 2. The van der Waals surface area contributed by atoms with Gasteiger partial charge in [0.1, 0.15) is 5.60 Å². The van der Waals surface area contributed by atoms with Crippen molar-refractivity contribution < 1.29 is 14.6 Å². The molecule has 0 aliphatic carbocycles. The monoisotopic (exact) mass is 333 g/mol. The molecule has 24 heavy (non-hydrogen) atoms. The Hall–Kier alpha value is -2.24. The number of nitrogens with zero attached hydrogens (tertiary/aromatic N) is 3. The second kappa shape index (κ2) is 7.55. The van der Waals surface area contributed by atoms with E-state index in [2.05, 4.69) is 11.7 Å². The molecular formula is C18H27N3O3. The van der Waals surface area contributed by atoms with Crippen LogP contribution in [0.25, 0.3) is 0 Å². The second-order valence-electron chi connectivity index (χ2n) is 6.92. The van der Waals surface area contributed by atoms with Crippen LogP contribution in [-0.4, -0.2) is 38.0 Å². The molecule has 0 saturated heterocycles. The van der Waals surface area contributed by atoms with Crippen LogP contribution in [0.5, 0.6) is 0 Å². The SMILES string of the molecule is C=CCn1nc2c(c1CCC=CO)CN(C(=O)OC(C)(C)C)CC2. The number of amides is 1. The quantitative estimate of drug-likeness (QED) is 0.663. The van der Waals surface area contributed by atoms with Crippen LogP contribution in [0, 0.1) is 0 Å². The molecule has 1 amide bonds. The number of hydrogen-bond acceptors (Lipinski definition) is 4. The Labute approximate surface area is 143 Å². The van der Waals surface area contributed by atoms with Gasteiger partial charge in [0.25, 0.3) is 0 Å². The highest BCUT2D eigenvalue weighted by Gasteiger charge is 2.29. The molecule has 6 heteroatoms. The number of carbonyl (C=O) groups excluding carboxylic acids is 1. The van der Waals surface area contributed by atoms with Gasteiger partial charge >= 0.3 is 6.09 Å². The summed E-state index contributed by atoms with van der Waals surface area (Å²) in [5, 5.41) is 13.5. The van der Waals surface area contributed by atoms with Crippen LogP contribution in [0.4, 0.5) is 4.79 Å². The zero-order chi connectivity index (χ0) is 17.7. The number of fused-ring (bicyclic) bond motifs is 1. The first-order chi connectivity index (χ1) is 11.4. The summed E-state index contributed by atoms with van der Waals surface area (Å²) in [7, 11) is 0. The summed E-state index contributed by atoms with van der Waals surface area (Å²) in [5.41, 5.74) is 2.73. The largest absolute Gasteiger partial charge is 0.516 e. The fourth-order valence-electron chi connectivity index (χ4n) is 2.81. The van der Waals surface area contributed by atoms with Gasteiger partial charge in [0.2, 0.25) is 0 Å². The first kappa shape index (κ1) is 18.1. The molecule has 0 unspecified atom stereocenters. The van der Waals surface area contributed by atoms with E-state index < -0.39 is 5.60 Å². The Morgan fingerprint density at radius 1 is 1.46 bits per heavy atom. The molecule has 0 aromatic carbocycles. The number of carbonyl (C=O) groups is 1. The summed E-state index contributed by atoms with van der Waals surface area (Å²) in [5.74, 6) is 0. The summed E-state index contributed by atoms with van der Waals surface area (Å²) in [6.07, 6.45) is 6.51. The third kappa shape index (κ3) is 4.40. The highest BCUT2D eigenvalue weighted by Crippen LogP contribution is 2.25. The summed E-state index contributed by atoms with van der Waals surface area (Å²) in [6, 6.07) is 0.